The first kappa shape index (κ1) is 12.1. The smallest absolute Gasteiger partial charge is 0.228 e. The van der Waals surface area contributed by atoms with Crippen molar-refractivity contribution >= 4 is 11.6 Å². The maximum absolute atomic E-state index is 11.3. The number of anilines is 1. The number of carbonyl (C=O) groups excluding carboxylic acids is 1. The van der Waals surface area contributed by atoms with E-state index >= 15 is 0 Å². The molecule has 2 rings (SSSR count). The van der Waals surface area contributed by atoms with Crippen molar-refractivity contribution in [3.05, 3.63) is 29.3 Å². The van der Waals surface area contributed by atoms with Crippen LogP contribution in [-0.2, 0) is 11.2 Å². The predicted octanol–water partition coefficient (Wildman–Crippen LogP) is 1.21. The molecule has 0 aromatic heterocycles. The third-order valence-corrected chi connectivity index (χ3v) is 3.16. The minimum atomic E-state index is 0.0634. The third-order valence-electron chi connectivity index (χ3n) is 3.16. The number of amides is 1. The number of benzene rings is 1. The molecule has 0 radical (unpaired) electrons. The number of hydrogen-bond acceptors (Lipinski definition) is 3. The van der Waals surface area contributed by atoms with E-state index < -0.39 is 0 Å². The van der Waals surface area contributed by atoms with E-state index in [2.05, 4.69) is 16.7 Å². The minimum absolute atomic E-state index is 0.0634. The third kappa shape index (κ3) is 2.65. The summed E-state index contributed by atoms with van der Waals surface area (Å²) < 4.78 is 0. The van der Waals surface area contributed by atoms with E-state index in [1.165, 1.54) is 5.56 Å². The van der Waals surface area contributed by atoms with E-state index in [-0.39, 0.29) is 18.6 Å². The van der Waals surface area contributed by atoms with Crippen LogP contribution in [-0.4, -0.2) is 24.7 Å². The lowest BCUT2D eigenvalue weighted by atomic mass is 9.99. The molecular weight excluding hydrogens is 216 g/mol. The van der Waals surface area contributed by atoms with Crippen molar-refractivity contribution in [3.8, 4) is 0 Å². The van der Waals surface area contributed by atoms with Gasteiger partial charge < -0.3 is 15.7 Å². The van der Waals surface area contributed by atoms with Gasteiger partial charge in [-0.1, -0.05) is 12.1 Å². The van der Waals surface area contributed by atoms with Gasteiger partial charge in [-0.25, -0.2) is 0 Å². The highest BCUT2D eigenvalue weighted by atomic mass is 16.2. The van der Waals surface area contributed by atoms with Gasteiger partial charge in [0.05, 0.1) is 6.42 Å². The number of nitrogens with one attached hydrogen (secondary N) is 2. The van der Waals surface area contributed by atoms with E-state index in [9.17, 15) is 4.79 Å². The Balaban J connectivity index is 2.16. The number of rotatable bonds is 5. The maximum Gasteiger partial charge on any atom is 0.228 e. The van der Waals surface area contributed by atoms with E-state index in [0.29, 0.717) is 6.42 Å². The molecule has 0 saturated heterocycles. The number of fused-ring (bicyclic) bond motifs is 1. The van der Waals surface area contributed by atoms with Crippen molar-refractivity contribution in [2.75, 3.05) is 19.0 Å². The van der Waals surface area contributed by atoms with Gasteiger partial charge in [-0.15, -0.1) is 0 Å². The first-order chi connectivity index (χ1) is 8.24. The van der Waals surface area contributed by atoms with Crippen molar-refractivity contribution in [3.63, 3.8) is 0 Å². The Morgan fingerprint density at radius 3 is 3.06 bits per heavy atom. The molecule has 3 N–H and O–H groups in total. The van der Waals surface area contributed by atoms with Crippen LogP contribution < -0.4 is 10.6 Å². The lowest BCUT2D eigenvalue weighted by Gasteiger charge is -2.16. The van der Waals surface area contributed by atoms with Crippen LogP contribution in [0.5, 0.6) is 0 Å². The lowest BCUT2D eigenvalue weighted by molar-refractivity contribution is -0.115. The van der Waals surface area contributed by atoms with E-state index in [1.54, 1.807) is 0 Å². The Hall–Kier alpha value is -1.39. The maximum atomic E-state index is 11.3. The van der Waals surface area contributed by atoms with Gasteiger partial charge >= 0.3 is 0 Å². The average Bonchev–Trinajstić information content (AvgIpc) is 2.69. The SMILES string of the molecule is CNC(CCCO)c1ccc2c(c1)CC(=O)N2. The van der Waals surface area contributed by atoms with Gasteiger partial charge in [0, 0.05) is 18.3 Å². The summed E-state index contributed by atoms with van der Waals surface area (Å²) in [4.78, 5) is 11.3. The second-order valence-electron chi connectivity index (χ2n) is 4.35. The highest BCUT2D eigenvalue weighted by Gasteiger charge is 2.19. The molecule has 0 saturated carbocycles. The fourth-order valence-corrected chi connectivity index (χ4v) is 2.24. The molecule has 1 amide bonds. The molecule has 1 unspecified atom stereocenters. The van der Waals surface area contributed by atoms with Gasteiger partial charge in [0.2, 0.25) is 5.91 Å². The first-order valence-electron chi connectivity index (χ1n) is 5.95. The molecule has 0 fully saturated rings. The molecule has 1 aromatic carbocycles. The van der Waals surface area contributed by atoms with Crippen LogP contribution in [0.1, 0.15) is 30.0 Å². The van der Waals surface area contributed by atoms with Crippen LogP contribution in [0.3, 0.4) is 0 Å². The summed E-state index contributed by atoms with van der Waals surface area (Å²) in [7, 11) is 1.92. The summed E-state index contributed by atoms with van der Waals surface area (Å²) >= 11 is 0. The van der Waals surface area contributed by atoms with Gasteiger partial charge in [-0.05, 0) is 37.1 Å². The van der Waals surface area contributed by atoms with Gasteiger partial charge in [-0.3, -0.25) is 4.79 Å². The minimum Gasteiger partial charge on any atom is -0.396 e. The number of aliphatic hydroxyl groups is 1. The topological polar surface area (TPSA) is 61.4 Å². The quantitative estimate of drug-likeness (QED) is 0.717. The molecule has 1 atom stereocenters. The molecule has 17 heavy (non-hydrogen) atoms. The second-order valence-corrected chi connectivity index (χ2v) is 4.35. The summed E-state index contributed by atoms with van der Waals surface area (Å²) in [6, 6.07) is 6.30. The van der Waals surface area contributed by atoms with Crippen LogP contribution in [0.4, 0.5) is 5.69 Å². The molecule has 0 spiro atoms. The van der Waals surface area contributed by atoms with Crippen LogP contribution in [0.15, 0.2) is 18.2 Å². The Morgan fingerprint density at radius 1 is 1.53 bits per heavy atom. The number of carbonyl (C=O) groups is 1. The molecule has 1 aliphatic heterocycles. The van der Waals surface area contributed by atoms with Crippen LogP contribution >= 0.6 is 0 Å². The Morgan fingerprint density at radius 2 is 2.35 bits per heavy atom. The van der Waals surface area contributed by atoms with Crippen LogP contribution in [0.2, 0.25) is 0 Å². The molecule has 4 heteroatoms. The number of aliphatic hydroxyl groups excluding tert-OH is 1. The Bertz CT molecular complexity index is 418. The molecule has 0 bridgehead atoms. The van der Waals surface area contributed by atoms with Gasteiger partial charge in [-0.2, -0.15) is 0 Å². The fraction of sp³-hybridized carbons (Fsp3) is 0.462. The highest BCUT2D eigenvalue weighted by Crippen LogP contribution is 2.27. The van der Waals surface area contributed by atoms with Crippen molar-refractivity contribution in [2.24, 2.45) is 0 Å². The van der Waals surface area contributed by atoms with Gasteiger partial charge in [0.15, 0.2) is 0 Å². The van der Waals surface area contributed by atoms with Crippen molar-refractivity contribution < 1.29 is 9.90 Å². The van der Waals surface area contributed by atoms with Gasteiger partial charge in [0.25, 0.3) is 0 Å². The molecule has 1 heterocycles. The van der Waals surface area contributed by atoms with Crippen LogP contribution in [0.25, 0.3) is 0 Å². The Kier molecular flexibility index (Phi) is 3.76. The highest BCUT2D eigenvalue weighted by molar-refractivity contribution is 5.99. The zero-order chi connectivity index (χ0) is 12.3. The van der Waals surface area contributed by atoms with Crippen molar-refractivity contribution in [1.82, 2.24) is 5.32 Å². The van der Waals surface area contributed by atoms with Crippen molar-refractivity contribution in [1.29, 1.82) is 0 Å². The standard InChI is InChI=1S/C13H18N2O2/c1-14-11(3-2-6-16)9-4-5-12-10(7-9)8-13(17)15-12/h4-5,7,11,14,16H,2-3,6,8H2,1H3,(H,15,17). The normalized spacial score (nSPS) is 15.5. The number of hydrogen-bond donors (Lipinski definition) is 3. The molecule has 1 aliphatic rings. The van der Waals surface area contributed by atoms with Crippen molar-refractivity contribution in [2.45, 2.75) is 25.3 Å². The first-order valence-corrected chi connectivity index (χ1v) is 5.95. The zero-order valence-electron chi connectivity index (χ0n) is 9.99. The zero-order valence-corrected chi connectivity index (χ0v) is 9.99. The second kappa shape index (κ2) is 5.29. The lowest BCUT2D eigenvalue weighted by Crippen LogP contribution is -2.16. The summed E-state index contributed by atoms with van der Waals surface area (Å²) in [6.07, 6.45) is 2.15. The van der Waals surface area contributed by atoms with Gasteiger partial charge in [0.1, 0.15) is 0 Å². The van der Waals surface area contributed by atoms with E-state index in [0.717, 1.165) is 24.1 Å². The van der Waals surface area contributed by atoms with Crippen LogP contribution in [0, 0.1) is 0 Å². The summed E-state index contributed by atoms with van der Waals surface area (Å²) in [5.74, 6) is 0.0634. The summed E-state index contributed by atoms with van der Waals surface area (Å²) in [5, 5.41) is 14.9. The predicted molar refractivity (Wildman–Crippen MR) is 66.9 cm³/mol. The Labute approximate surface area is 101 Å². The summed E-state index contributed by atoms with van der Waals surface area (Å²) in [5.41, 5.74) is 3.17. The van der Waals surface area contributed by atoms with E-state index in [1.807, 2.05) is 19.2 Å². The summed E-state index contributed by atoms with van der Waals surface area (Å²) in [6.45, 7) is 0.211. The fourth-order valence-electron chi connectivity index (χ4n) is 2.24. The largest absolute Gasteiger partial charge is 0.396 e. The monoisotopic (exact) mass is 234 g/mol. The average molecular weight is 234 g/mol. The molecule has 1 aromatic rings. The van der Waals surface area contributed by atoms with E-state index in [4.69, 9.17) is 5.11 Å². The molecule has 4 nitrogen and oxygen atoms in total. The molecular formula is C13H18N2O2. The molecule has 92 valence electrons. The molecule has 0 aliphatic carbocycles.